The average molecular weight is 287 g/mol. The van der Waals surface area contributed by atoms with Gasteiger partial charge in [0.15, 0.2) is 0 Å². The molecule has 0 fully saturated rings. The minimum absolute atomic E-state index is 0.219. The van der Waals surface area contributed by atoms with Gasteiger partial charge in [-0.25, -0.2) is 0 Å². The van der Waals surface area contributed by atoms with Crippen LogP contribution < -0.4 is 0 Å². The molecule has 0 N–H and O–H groups in total. The van der Waals surface area contributed by atoms with Gasteiger partial charge in [-0.1, -0.05) is 23.4 Å². The predicted octanol–water partition coefficient (Wildman–Crippen LogP) is 2.29. The SMILES string of the molecule is Cc1ccc(S(=O)(=O)n2nnc3ccccc32)cc1C. The molecule has 0 aliphatic carbocycles. The van der Waals surface area contributed by atoms with Gasteiger partial charge in [0, 0.05) is 0 Å². The van der Waals surface area contributed by atoms with Crippen LogP contribution in [-0.4, -0.2) is 22.8 Å². The number of fused-ring (bicyclic) bond motifs is 1. The molecular formula is C14H13N3O2S. The van der Waals surface area contributed by atoms with Gasteiger partial charge in [-0.3, -0.25) is 0 Å². The molecule has 0 amide bonds. The summed E-state index contributed by atoms with van der Waals surface area (Å²) < 4.78 is 26.2. The van der Waals surface area contributed by atoms with Crippen LogP contribution in [0.4, 0.5) is 0 Å². The topological polar surface area (TPSA) is 64.8 Å². The van der Waals surface area contributed by atoms with E-state index in [1.165, 1.54) is 0 Å². The molecule has 6 heteroatoms. The van der Waals surface area contributed by atoms with E-state index in [9.17, 15) is 8.42 Å². The lowest BCUT2D eigenvalue weighted by Gasteiger charge is -2.07. The molecule has 3 rings (SSSR count). The van der Waals surface area contributed by atoms with Crippen molar-refractivity contribution in [2.24, 2.45) is 0 Å². The predicted molar refractivity (Wildman–Crippen MR) is 76.0 cm³/mol. The number of para-hydroxylation sites is 1. The number of nitrogens with zero attached hydrogens (tertiary/aromatic N) is 3. The van der Waals surface area contributed by atoms with Gasteiger partial charge in [0.2, 0.25) is 0 Å². The number of rotatable bonds is 2. The Morgan fingerprint density at radius 2 is 1.75 bits per heavy atom. The summed E-state index contributed by atoms with van der Waals surface area (Å²) >= 11 is 0. The lowest BCUT2D eigenvalue weighted by atomic mass is 10.1. The van der Waals surface area contributed by atoms with Crippen molar-refractivity contribution in [1.29, 1.82) is 0 Å². The largest absolute Gasteiger partial charge is 0.284 e. The quantitative estimate of drug-likeness (QED) is 0.725. The first-order valence-electron chi connectivity index (χ1n) is 6.13. The van der Waals surface area contributed by atoms with Gasteiger partial charge >= 0.3 is 0 Å². The highest BCUT2D eigenvalue weighted by Gasteiger charge is 2.21. The first-order valence-corrected chi connectivity index (χ1v) is 7.57. The molecule has 0 spiro atoms. The summed E-state index contributed by atoms with van der Waals surface area (Å²) in [7, 11) is -3.72. The van der Waals surface area contributed by atoms with E-state index in [-0.39, 0.29) is 4.90 Å². The van der Waals surface area contributed by atoms with Gasteiger partial charge in [-0.15, -0.1) is 9.19 Å². The second kappa shape index (κ2) is 4.42. The summed E-state index contributed by atoms with van der Waals surface area (Å²) in [6.45, 7) is 3.82. The van der Waals surface area contributed by atoms with E-state index in [0.717, 1.165) is 15.2 Å². The summed E-state index contributed by atoms with van der Waals surface area (Å²) in [6, 6.07) is 12.0. The van der Waals surface area contributed by atoms with Gasteiger partial charge in [-0.2, -0.15) is 8.42 Å². The third-order valence-electron chi connectivity index (χ3n) is 3.33. The fraction of sp³-hybridized carbons (Fsp3) is 0.143. The number of benzene rings is 2. The maximum absolute atomic E-state index is 12.6. The highest BCUT2D eigenvalue weighted by Crippen LogP contribution is 2.20. The zero-order valence-electron chi connectivity index (χ0n) is 11.1. The van der Waals surface area contributed by atoms with E-state index in [1.54, 1.807) is 42.5 Å². The lowest BCUT2D eigenvalue weighted by Crippen LogP contribution is -2.14. The lowest BCUT2D eigenvalue weighted by molar-refractivity contribution is 0.579. The third kappa shape index (κ3) is 1.89. The van der Waals surface area contributed by atoms with E-state index in [0.29, 0.717) is 11.0 Å². The smallest absolute Gasteiger partial charge is 0.199 e. The molecule has 0 aliphatic heterocycles. The zero-order chi connectivity index (χ0) is 14.3. The van der Waals surface area contributed by atoms with Crippen molar-refractivity contribution in [3.05, 3.63) is 53.6 Å². The van der Waals surface area contributed by atoms with Crippen molar-refractivity contribution in [3.63, 3.8) is 0 Å². The molecular weight excluding hydrogens is 274 g/mol. The summed E-state index contributed by atoms with van der Waals surface area (Å²) in [5.41, 5.74) is 3.01. The van der Waals surface area contributed by atoms with Gasteiger partial charge in [-0.05, 0) is 49.2 Å². The van der Waals surface area contributed by atoms with E-state index < -0.39 is 10.0 Å². The molecule has 0 bridgehead atoms. The molecule has 0 aliphatic rings. The van der Waals surface area contributed by atoms with E-state index in [1.807, 2.05) is 13.8 Å². The second-order valence-corrected chi connectivity index (χ2v) is 6.44. The van der Waals surface area contributed by atoms with Gasteiger partial charge in [0.25, 0.3) is 10.0 Å². The average Bonchev–Trinajstić information content (AvgIpc) is 2.86. The van der Waals surface area contributed by atoms with Crippen molar-refractivity contribution >= 4 is 21.1 Å². The van der Waals surface area contributed by atoms with Crippen molar-refractivity contribution < 1.29 is 8.42 Å². The Kier molecular flexibility index (Phi) is 2.83. The van der Waals surface area contributed by atoms with Crippen LogP contribution in [0.5, 0.6) is 0 Å². The highest BCUT2D eigenvalue weighted by atomic mass is 32.2. The van der Waals surface area contributed by atoms with Gasteiger partial charge in [0.05, 0.1) is 4.90 Å². The molecule has 5 nitrogen and oxygen atoms in total. The highest BCUT2D eigenvalue weighted by molar-refractivity contribution is 7.90. The molecule has 0 radical (unpaired) electrons. The summed E-state index contributed by atoms with van der Waals surface area (Å²) in [5.74, 6) is 0. The molecule has 0 atom stereocenters. The molecule has 1 aromatic heterocycles. The van der Waals surface area contributed by atoms with E-state index in [4.69, 9.17) is 0 Å². The monoisotopic (exact) mass is 287 g/mol. The number of hydrogen-bond acceptors (Lipinski definition) is 4. The first-order chi connectivity index (χ1) is 9.50. The van der Waals surface area contributed by atoms with Crippen molar-refractivity contribution in [3.8, 4) is 0 Å². The Hall–Kier alpha value is -2.21. The molecule has 0 saturated heterocycles. The Labute approximate surface area is 116 Å². The standard InChI is InChI=1S/C14H13N3O2S/c1-10-7-8-12(9-11(10)2)20(18,19)17-14-6-4-3-5-13(14)15-16-17/h3-9H,1-2H3. The molecule has 20 heavy (non-hydrogen) atoms. The Morgan fingerprint density at radius 3 is 2.50 bits per heavy atom. The van der Waals surface area contributed by atoms with E-state index in [2.05, 4.69) is 10.3 Å². The van der Waals surface area contributed by atoms with Crippen LogP contribution in [0.1, 0.15) is 11.1 Å². The number of hydrogen-bond donors (Lipinski definition) is 0. The van der Waals surface area contributed by atoms with Crippen molar-refractivity contribution in [2.45, 2.75) is 18.7 Å². The Bertz CT molecular complexity index is 898. The van der Waals surface area contributed by atoms with E-state index >= 15 is 0 Å². The zero-order valence-corrected chi connectivity index (χ0v) is 11.9. The minimum Gasteiger partial charge on any atom is -0.199 e. The van der Waals surface area contributed by atoms with Crippen molar-refractivity contribution in [2.75, 3.05) is 0 Å². The third-order valence-corrected chi connectivity index (χ3v) is 4.90. The van der Waals surface area contributed by atoms with Gasteiger partial charge in [0.1, 0.15) is 11.0 Å². The maximum Gasteiger partial charge on any atom is 0.284 e. The molecule has 3 aromatic rings. The fourth-order valence-electron chi connectivity index (χ4n) is 2.00. The number of aromatic nitrogens is 3. The first kappa shape index (κ1) is 12.8. The van der Waals surface area contributed by atoms with Crippen LogP contribution in [0.2, 0.25) is 0 Å². The van der Waals surface area contributed by atoms with Crippen LogP contribution in [0.15, 0.2) is 47.4 Å². The van der Waals surface area contributed by atoms with Gasteiger partial charge < -0.3 is 0 Å². The fourth-order valence-corrected chi connectivity index (χ4v) is 3.31. The summed E-state index contributed by atoms with van der Waals surface area (Å²) in [5, 5.41) is 7.66. The van der Waals surface area contributed by atoms with Crippen LogP contribution >= 0.6 is 0 Å². The van der Waals surface area contributed by atoms with Crippen molar-refractivity contribution in [1.82, 2.24) is 14.4 Å². The Balaban J connectivity index is 2.23. The van der Waals surface area contributed by atoms with Crippen LogP contribution in [-0.2, 0) is 10.0 Å². The molecule has 2 aromatic carbocycles. The molecule has 102 valence electrons. The molecule has 0 saturated carbocycles. The Morgan fingerprint density at radius 1 is 1.00 bits per heavy atom. The molecule has 1 heterocycles. The summed E-state index contributed by atoms with van der Waals surface area (Å²) in [6.07, 6.45) is 0. The number of aryl methyl sites for hydroxylation is 2. The maximum atomic E-state index is 12.6. The summed E-state index contributed by atoms with van der Waals surface area (Å²) in [4.78, 5) is 0.219. The molecule has 0 unspecified atom stereocenters. The normalized spacial score (nSPS) is 11.9. The van der Waals surface area contributed by atoms with Crippen LogP contribution in [0.3, 0.4) is 0 Å². The van der Waals surface area contributed by atoms with Crippen LogP contribution in [0, 0.1) is 13.8 Å². The minimum atomic E-state index is -3.72. The van der Waals surface area contributed by atoms with Crippen LogP contribution in [0.25, 0.3) is 11.0 Å². The second-order valence-electron chi connectivity index (χ2n) is 4.67.